The molecular formula is C9H6BrN3O. The molecule has 2 aromatic rings. The minimum atomic E-state index is 0.530. The molecule has 5 heteroatoms. The van der Waals surface area contributed by atoms with Gasteiger partial charge in [-0.1, -0.05) is 15.9 Å². The van der Waals surface area contributed by atoms with Crippen molar-refractivity contribution in [1.29, 1.82) is 0 Å². The topological polar surface area (TPSA) is 46.7 Å². The lowest BCUT2D eigenvalue weighted by molar-refractivity contribution is 0.565. The predicted molar refractivity (Wildman–Crippen MR) is 55.4 cm³/mol. The van der Waals surface area contributed by atoms with Gasteiger partial charge in [0.15, 0.2) is 5.82 Å². The lowest BCUT2D eigenvalue weighted by atomic mass is 10.5. The Hall–Kier alpha value is -1.45. The van der Waals surface area contributed by atoms with Crippen LogP contribution >= 0.6 is 15.9 Å². The van der Waals surface area contributed by atoms with Gasteiger partial charge in [-0.15, -0.1) is 4.99 Å². The van der Waals surface area contributed by atoms with Crippen LogP contribution in [0.2, 0.25) is 0 Å². The standard InChI is InChI=1S/C9H6BrN3O/c1-6-9(11-5-14)13-3-2-7(10)4-8(13)12-6/h2-4H,1H3. The molecule has 0 saturated heterocycles. The Bertz CT molecular complexity index is 540. The van der Waals surface area contributed by atoms with E-state index in [-0.39, 0.29) is 0 Å². The van der Waals surface area contributed by atoms with Crippen molar-refractivity contribution < 1.29 is 4.79 Å². The minimum Gasteiger partial charge on any atom is -0.284 e. The van der Waals surface area contributed by atoms with Crippen LogP contribution in [-0.2, 0) is 4.79 Å². The van der Waals surface area contributed by atoms with Gasteiger partial charge >= 0.3 is 0 Å². The summed E-state index contributed by atoms with van der Waals surface area (Å²) in [5.74, 6) is 0.530. The normalized spacial score (nSPS) is 10.1. The maximum Gasteiger partial charge on any atom is 0.242 e. The lowest BCUT2D eigenvalue weighted by Gasteiger charge is -1.94. The van der Waals surface area contributed by atoms with Crippen LogP contribution < -0.4 is 0 Å². The molecule has 0 aliphatic rings. The Balaban J connectivity index is 2.83. The van der Waals surface area contributed by atoms with E-state index >= 15 is 0 Å². The minimum absolute atomic E-state index is 0.530. The SMILES string of the molecule is Cc1nc2cc(Br)ccn2c1N=C=O. The number of aliphatic imine (C=N–C) groups is 1. The fraction of sp³-hybridized carbons (Fsp3) is 0.111. The van der Waals surface area contributed by atoms with Gasteiger partial charge in [0.1, 0.15) is 5.65 Å². The molecule has 2 aromatic heterocycles. The lowest BCUT2D eigenvalue weighted by Crippen LogP contribution is -1.82. The summed E-state index contributed by atoms with van der Waals surface area (Å²) in [5.41, 5.74) is 1.47. The van der Waals surface area contributed by atoms with Crippen LogP contribution in [-0.4, -0.2) is 15.5 Å². The van der Waals surface area contributed by atoms with E-state index < -0.39 is 0 Å². The molecule has 2 rings (SSSR count). The molecule has 2 heterocycles. The molecule has 70 valence electrons. The number of hydrogen-bond donors (Lipinski definition) is 0. The molecule has 0 saturated carbocycles. The molecule has 0 amide bonds. The summed E-state index contributed by atoms with van der Waals surface area (Å²) in [4.78, 5) is 18.0. The second-order valence-electron chi connectivity index (χ2n) is 2.80. The third kappa shape index (κ3) is 1.36. The molecule has 0 aliphatic carbocycles. The zero-order valence-electron chi connectivity index (χ0n) is 7.36. The van der Waals surface area contributed by atoms with Gasteiger partial charge < -0.3 is 0 Å². The average Bonchev–Trinajstić information content (AvgIpc) is 2.43. The highest BCUT2D eigenvalue weighted by atomic mass is 79.9. The summed E-state index contributed by atoms with van der Waals surface area (Å²) in [7, 11) is 0. The van der Waals surface area contributed by atoms with Gasteiger partial charge in [-0.25, -0.2) is 9.78 Å². The van der Waals surface area contributed by atoms with Crippen molar-refractivity contribution in [2.45, 2.75) is 6.92 Å². The number of fused-ring (bicyclic) bond motifs is 1. The molecule has 14 heavy (non-hydrogen) atoms. The summed E-state index contributed by atoms with van der Waals surface area (Å²) >= 11 is 3.34. The van der Waals surface area contributed by atoms with Crippen molar-refractivity contribution in [3.05, 3.63) is 28.5 Å². The van der Waals surface area contributed by atoms with Crippen molar-refractivity contribution in [2.75, 3.05) is 0 Å². The summed E-state index contributed by atoms with van der Waals surface area (Å²) in [6, 6.07) is 3.72. The number of carbonyl (C=O) groups excluding carboxylic acids is 1. The van der Waals surface area contributed by atoms with Gasteiger partial charge in [-0.2, -0.15) is 0 Å². The van der Waals surface area contributed by atoms with E-state index in [0.717, 1.165) is 10.1 Å². The van der Waals surface area contributed by atoms with Crippen molar-refractivity contribution in [2.24, 2.45) is 4.99 Å². The van der Waals surface area contributed by atoms with Gasteiger partial charge in [0.25, 0.3) is 0 Å². The molecular weight excluding hydrogens is 246 g/mol. The fourth-order valence-corrected chi connectivity index (χ4v) is 1.63. The summed E-state index contributed by atoms with van der Waals surface area (Å²) in [6.45, 7) is 1.80. The van der Waals surface area contributed by atoms with Crippen LogP contribution in [0.4, 0.5) is 5.82 Å². The van der Waals surface area contributed by atoms with Crippen molar-refractivity contribution >= 4 is 33.5 Å². The molecule has 0 radical (unpaired) electrons. The van der Waals surface area contributed by atoms with E-state index in [1.165, 1.54) is 6.08 Å². The average molecular weight is 252 g/mol. The van der Waals surface area contributed by atoms with Crippen LogP contribution in [0.5, 0.6) is 0 Å². The Morgan fingerprint density at radius 3 is 3.14 bits per heavy atom. The second-order valence-corrected chi connectivity index (χ2v) is 3.71. The van der Waals surface area contributed by atoms with Crippen LogP contribution in [0.1, 0.15) is 5.69 Å². The quantitative estimate of drug-likeness (QED) is 0.577. The zero-order chi connectivity index (χ0) is 10.1. The Morgan fingerprint density at radius 1 is 1.64 bits per heavy atom. The summed E-state index contributed by atoms with van der Waals surface area (Å²) < 4.78 is 2.68. The molecule has 0 aromatic carbocycles. The third-order valence-electron chi connectivity index (χ3n) is 1.88. The largest absolute Gasteiger partial charge is 0.284 e. The Labute approximate surface area is 88.4 Å². The van der Waals surface area contributed by atoms with E-state index in [4.69, 9.17) is 0 Å². The highest BCUT2D eigenvalue weighted by Crippen LogP contribution is 2.22. The van der Waals surface area contributed by atoms with Crippen LogP contribution in [0.3, 0.4) is 0 Å². The predicted octanol–water partition coefficient (Wildman–Crippen LogP) is 2.37. The van der Waals surface area contributed by atoms with E-state index in [1.807, 2.05) is 12.1 Å². The molecule has 0 atom stereocenters. The maximum absolute atomic E-state index is 10.2. The van der Waals surface area contributed by atoms with E-state index in [9.17, 15) is 4.79 Å². The molecule has 0 bridgehead atoms. The number of nitrogens with zero attached hydrogens (tertiary/aromatic N) is 3. The zero-order valence-corrected chi connectivity index (χ0v) is 8.95. The fourth-order valence-electron chi connectivity index (χ4n) is 1.30. The first-order valence-electron chi connectivity index (χ1n) is 3.94. The summed E-state index contributed by atoms with van der Waals surface area (Å²) in [5, 5.41) is 0. The van der Waals surface area contributed by atoms with Crippen molar-refractivity contribution in [3.8, 4) is 0 Å². The van der Waals surface area contributed by atoms with Gasteiger partial charge in [0.2, 0.25) is 6.08 Å². The van der Waals surface area contributed by atoms with Gasteiger partial charge in [0.05, 0.1) is 5.69 Å². The van der Waals surface area contributed by atoms with Crippen molar-refractivity contribution in [3.63, 3.8) is 0 Å². The number of pyridine rings is 1. The monoisotopic (exact) mass is 251 g/mol. The number of imidazole rings is 1. The molecule has 4 nitrogen and oxygen atoms in total. The van der Waals surface area contributed by atoms with Crippen LogP contribution in [0, 0.1) is 6.92 Å². The molecule has 0 aliphatic heterocycles. The highest BCUT2D eigenvalue weighted by Gasteiger charge is 2.06. The van der Waals surface area contributed by atoms with E-state index in [0.29, 0.717) is 11.5 Å². The number of aromatic nitrogens is 2. The Kier molecular flexibility index (Phi) is 2.19. The number of isocyanates is 1. The number of hydrogen-bond acceptors (Lipinski definition) is 3. The van der Waals surface area contributed by atoms with E-state index in [1.54, 1.807) is 17.5 Å². The molecule has 0 N–H and O–H groups in total. The maximum atomic E-state index is 10.2. The smallest absolute Gasteiger partial charge is 0.242 e. The number of rotatable bonds is 1. The molecule has 0 fully saturated rings. The van der Waals surface area contributed by atoms with Gasteiger partial charge in [0, 0.05) is 10.7 Å². The van der Waals surface area contributed by atoms with Crippen LogP contribution in [0.15, 0.2) is 27.8 Å². The number of aryl methyl sites for hydroxylation is 1. The first-order chi connectivity index (χ1) is 6.72. The highest BCUT2D eigenvalue weighted by molar-refractivity contribution is 9.10. The molecule has 0 unspecified atom stereocenters. The first-order valence-corrected chi connectivity index (χ1v) is 4.74. The van der Waals surface area contributed by atoms with Gasteiger partial charge in [-0.05, 0) is 19.1 Å². The van der Waals surface area contributed by atoms with E-state index in [2.05, 4.69) is 25.9 Å². The van der Waals surface area contributed by atoms with Gasteiger partial charge in [-0.3, -0.25) is 4.40 Å². The first kappa shape index (κ1) is 9.12. The number of halogens is 1. The third-order valence-corrected chi connectivity index (χ3v) is 2.38. The van der Waals surface area contributed by atoms with Crippen LogP contribution in [0.25, 0.3) is 5.65 Å². The van der Waals surface area contributed by atoms with Crippen molar-refractivity contribution in [1.82, 2.24) is 9.38 Å². The molecule has 0 spiro atoms. The second kappa shape index (κ2) is 3.36. The summed E-state index contributed by atoms with van der Waals surface area (Å²) in [6.07, 6.45) is 3.32. The Morgan fingerprint density at radius 2 is 2.43 bits per heavy atom.